The van der Waals surface area contributed by atoms with Crippen molar-refractivity contribution >= 4 is 27.5 Å². The summed E-state index contributed by atoms with van der Waals surface area (Å²) in [7, 11) is -3.85. The number of hydrogen-bond acceptors (Lipinski definition) is 4. The van der Waals surface area contributed by atoms with E-state index in [-0.39, 0.29) is 16.5 Å². The first-order valence-corrected chi connectivity index (χ1v) is 7.67. The molecule has 1 saturated heterocycles. The number of aromatic nitrogens is 1. The van der Waals surface area contributed by atoms with Crippen LogP contribution in [0.25, 0.3) is 0 Å². The fourth-order valence-electron chi connectivity index (χ4n) is 2.16. The summed E-state index contributed by atoms with van der Waals surface area (Å²) < 4.78 is 26.2. The van der Waals surface area contributed by atoms with Gasteiger partial charge in [0.1, 0.15) is 10.9 Å². The van der Waals surface area contributed by atoms with Crippen LogP contribution in [-0.2, 0) is 14.8 Å². The summed E-state index contributed by atoms with van der Waals surface area (Å²) in [5, 5.41) is 0.0868. The first-order chi connectivity index (χ1) is 8.94. The van der Waals surface area contributed by atoms with Gasteiger partial charge < -0.3 is 5.73 Å². The maximum atomic E-state index is 12.5. The van der Waals surface area contributed by atoms with Gasteiger partial charge >= 0.3 is 0 Å². The molecule has 19 heavy (non-hydrogen) atoms. The van der Waals surface area contributed by atoms with Crippen molar-refractivity contribution < 1.29 is 13.2 Å². The summed E-state index contributed by atoms with van der Waals surface area (Å²) in [5.41, 5.74) is 5.28. The number of sulfonamides is 1. The third-order valence-electron chi connectivity index (χ3n) is 3.10. The molecule has 0 radical (unpaired) electrons. The Morgan fingerprint density at radius 3 is 2.84 bits per heavy atom. The van der Waals surface area contributed by atoms with Crippen molar-refractivity contribution in [2.24, 2.45) is 5.73 Å². The summed E-state index contributed by atoms with van der Waals surface area (Å²) >= 11 is 5.89. The fraction of sp³-hybridized carbons (Fsp3) is 0.455. The van der Waals surface area contributed by atoms with Crippen LogP contribution in [0.15, 0.2) is 23.4 Å². The molecule has 1 aromatic heterocycles. The van der Waals surface area contributed by atoms with E-state index in [0.29, 0.717) is 12.8 Å². The smallest absolute Gasteiger partial charge is 0.246 e. The number of nitrogens with zero attached hydrogens (tertiary/aromatic N) is 2. The van der Waals surface area contributed by atoms with Gasteiger partial charge in [-0.3, -0.25) is 9.78 Å². The van der Waals surface area contributed by atoms with Gasteiger partial charge in [-0.25, -0.2) is 8.42 Å². The molecule has 2 N–H and O–H groups in total. The highest BCUT2D eigenvalue weighted by Gasteiger charge is 2.37. The summed E-state index contributed by atoms with van der Waals surface area (Å²) in [6.07, 6.45) is 4.50. The van der Waals surface area contributed by atoms with Crippen molar-refractivity contribution in [1.82, 2.24) is 9.29 Å². The lowest BCUT2D eigenvalue weighted by Crippen LogP contribution is -2.50. The summed E-state index contributed by atoms with van der Waals surface area (Å²) in [6, 6.07) is 0.590. The van der Waals surface area contributed by atoms with E-state index in [1.54, 1.807) is 0 Å². The molecule has 1 fully saturated rings. The number of primary amides is 1. The second kappa shape index (κ2) is 5.44. The number of amides is 1. The average molecular weight is 304 g/mol. The van der Waals surface area contributed by atoms with Crippen LogP contribution in [0, 0.1) is 0 Å². The van der Waals surface area contributed by atoms with Gasteiger partial charge in [0, 0.05) is 18.9 Å². The number of carbonyl (C=O) groups is 1. The number of hydrogen-bond donors (Lipinski definition) is 1. The van der Waals surface area contributed by atoms with E-state index in [4.69, 9.17) is 17.3 Å². The van der Waals surface area contributed by atoms with E-state index in [0.717, 1.165) is 10.7 Å². The molecule has 0 aliphatic carbocycles. The second-order valence-electron chi connectivity index (χ2n) is 4.34. The van der Waals surface area contributed by atoms with Crippen molar-refractivity contribution in [2.75, 3.05) is 6.54 Å². The lowest BCUT2D eigenvalue weighted by molar-refractivity contribution is -0.122. The molecule has 104 valence electrons. The molecule has 1 amide bonds. The molecular formula is C11H14ClN3O3S. The number of nitrogens with two attached hydrogens (primary N) is 1. The standard InChI is InChI=1S/C11H14ClN3O3S/c12-8-4-5-14-7-10(8)19(17,18)15-6-2-1-3-9(15)11(13)16/h4-5,7,9H,1-3,6H2,(H2,13,16). The molecule has 1 atom stereocenters. The third kappa shape index (κ3) is 2.72. The molecule has 1 aromatic rings. The summed E-state index contributed by atoms with van der Waals surface area (Å²) in [6.45, 7) is 0.265. The van der Waals surface area contributed by atoms with Crippen LogP contribution in [0.4, 0.5) is 0 Å². The number of rotatable bonds is 3. The van der Waals surface area contributed by atoms with E-state index in [9.17, 15) is 13.2 Å². The van der Waals surface area contributed by atoms with Gasteiger partial charge in [-0.05, 0) is 18.9 Å². The Labute approximate surface area is 116 Å². The predicted octanol–water partition coefficient (Wildman–Crippen LogP) is 0.764. The quantitative estimate of drug-likeness (QED) is 0.892. The number of pyridine rings is 1. The van der Waals surface area contributed by atoms with Crippen molar-refractivity contribution in [3.63, 3.8) is 0 Å². The van der Waals surface area contributed by atoms with Gasteiger partial charge in [-0.15, -0.1) is 0 Å². The van der Waals surface area contributed by atoms with E-state index in [1.165, 1.54) is 18.5 Å². The summed E-state index contributed by atoms with van der Waals surface area (Å²) in [5.74, 6) is -0.636. The second-order valence-corrected chi connectivity index (χ2v) is 6.60. The molecule has 2 rings (SSSR count). The van der Waals surface area contributed by atoms with Gasteiger partial charge in [0.05, 0.1) is 5.02 Å². The highest BCUT2D eigenvalue weighted by molar-refractivity contribution is 7.89. The molecule has 0 aromatic carbocycles. The van der Waals surface area contributed by atoms with E-state index < -0.39 is 22.0 Å². The van der Waals surface area contributed by atoms with Crippen LogP contribution >= 0.6 is 11.6 Å². The largest absolute Gasteiger partial charge is 0.368 e. The zero-order valence-electron chi connectivity index (χ0n) is 10.1. The van der Waals surface area contributed by atoms with Gasteiger partial charge in [0.25, 0.3) is 0 Å². The van der Waals surface area contributed by atoms with E-state index in [1.807, 2.05) is 0 Å². The Balaban J connectivity index is 2.43. The van der Waals surface area contributed by atoms with Crippen LogP contribution in [0.5, 0.6) is 0 Å². The lowest BCUT2D eigenvalue weighted by Gasteiger charge is -2.32. The van der Waals surface area contributed by atoms with Crippen LogP contribution in [0.3, 0.4) is 0 Å². The van der Waals surface area contributed by atoms with Crippen LogP contribution in [0.2, 0.25) is 5.02 Å². The lowest BCUT2D eigenvalue weighted by atomic mass is 10.0. The Bertz CT molecular complexity index is 591. The van der Waals surface area contributed by atoms with Crippen LogP contribution in [-0.4, -0.2) is 36.2 Å². The SMILES string of the molecule is NC(=O)C1CCCCN1S(=O)(=O)c1cnccc1Cl. The number of carbonyl (C=O) groups excluding carboxylic acids is 1. The molecular weight excluding hydrogens is 290 g/mol. The number of halogens is 1. The number of piperidine rings is 1. The molecule has 0 saturated carbocycles. The Hall–Kier alpha value is -1.18. The van der Waals surface area contributed by atoms with E-state index >= 15 is 0 Å². The molecule has 6 nitrogen and oxygen atoms in total. The normalized spacial score (nSPS) is 21.2. The minimum absolute atomic E-state index is 0.0868. The zero-order chi connectivity index (χ0) is 14.0. The Morgan fingerprint density at radius 2 is 2.21 bits per heavy atom. The van der Waals surface area contributed by atoms with Gasteiger partial charge in [-0.2, -0.15) is 4.31 Å². The molecule has 0 bridgehead atoms. The minimum Gasteiger partial charge on any atom is -0.368 e. The van der Waals surface area contributed by atoms with Crippen molar-refractivity contribution in [2.45, 2.75) is 30.2 Å². The van der Waals surface area contributed by atoms with Crippen molar-refractivity contribution in [3.8, 4) is 0 Å². The monoisotopic (exact) mass is 303 g/mol. The van der Waals surface area contributed by atoms with Crippen molar-refractivity contribution in [1.29, 1.82) is 0 Å². The third-order valence-corrected chi connectivity index (χ3v) is 5.48. The minimum atomic E-state index is -3.85. The zero-order valence-corrected chi connectivity index (χ0v) is 11.7. The van der Waals surface area contributed by atoms with Gasteiger partial charge in [0.15, 0.2) is 0 Å². The maximum absolute atomic E-state index is 12.5. The molecule has 0 spiro atoms. The molecule has 1 aliphatic rings. The first kappa shape index (κ1) is 14.2. The topological polar surface area (TPSA) is 93.4 Å². The predicted molar refractivity (Wildman–Crippen MR) is 70.0 cm³/mol. The molecule has 1 aliphatic heterocycles. The fourth-order valence-corrected chi connectivity index (χ4v) is 4.23. The van der Waals surface area contributed by atoms with Crippen molar-refractivity contribution in [3.05, 3.63) is 23.5 Å². The first-order valence-electron chi connectivity index (χ1n) is 5.85. The van der Waals surface area contributed by atoms with Gasteiger partial charge in [-0.1, -0.05) is 18.0 Å². The highest BCUT2D eigenvalue weighted by Crippen LogP contribution is 2.28. The van der Waals surface area contributed by atoms with Crippen LogP contribution in [0.1, 0.15) is 19.3 Å². The molecule has 2 heterocycles. The maximum Gasteiger partial charge on any atom is 0.246 e. The Morgan fingerprint density at radius 1 is 1.47 bits per heavy atom. The summed E-state index contributed by atoms with van der Waals surface area (Å²) in [4.78, 5) is 15.1. The van der Waals surface area contributed by atoms with Gasteiger partial charge in [0.2, 0.25) is 15.9 Å². The highest BCUT2D eigenvalue weighted by atomic mass is 35.5. The van der Waals surface area contributed by atoms with Crippen LogP contribution < -0.4 is 5.73 Å². The molecule has 8 heteroatoms. The molecule has 1 unspecified atom stereocenters. The van der Waals surface area contributed by atoms with E-state index in [2.05, 4.69) is 4.98 Å². The average Bonchev–Trinajstić information content (AvgIpc) is 2.39. The Kier molecular flexibility index (Phi) is 4.07.